The van der Waals surface area contributed by atoms with Crippen LogP contribution in [0.4, 0.5) is 5.69 Å². The van der Waals surface area contributed by atoms with Crippen molar-refractivity contribution in [1.29, 1.82) is 0 Å². The molecule has 0 unspecified atom stereocenters. The molecule has 0 saturated carbocycles. The third-order valence-corrected chi connectivity index (χ3v) is 5.02. The molecule has 1 amide bonds. The van der Waals surface area contributed by atoms with Crippen molar-refractivity contribution in [3.63, 3.8) is 0 Å². The molecule has 0 aliphatic carbocycles. The van der Waals surface area contributed by atoms with Gasteiger partial charge >= 0.3 is 0 Å². The van der Waals surface area contributed by atoms with Gasteiger partial charge in [-0.1, -0.05) is 35.4 Å². The van der Waals surface area contributed by atoms with Gasteiger partial charge in [-0.3, -0.25) is 4.79 Å². The van der Waals surface area contributed by atoms with Gasteiger partial charge in [0.1, 0.15) is 5.75 Å². The second kappa shape index (κ2) is 8.00. The Balaban J connectivity index is 1.57. The number of halogens is 1. The zero-order valence-electron chi connectivity index (χ0n) is 15.5. The van der Waals surface area contributed by atoms with E-state index >= 15 is 0 Å². The molecule has 5 heteroatoms. The number of piperazine rings is 1. The fourth-order valence-corrected chi connectivity index (χ4v) is 3.39. The van der Waals surface area contributed by atoms with Gasteiger partial charge < -0.3 is 14.5 Å². The molecule has 0 aromatic heterocycles. The third-order valence-electron chi connectivity index (χ3n) is 4.78. The fraction of sp³-hybridized carbons (Fsp3) is 0.381. The van der Waals surface area contributed by atoms with Gasteiger partial charge in [-0.15, -0.1) is 0 Å². The summed E-state index contributed by atoms with van der Waals surface area (Å²) in [5.41, 5.74) is 3.52. The Hall–Kier alpha value is -2.20. The van der Waals surface area contributed by atoms with Crippen molar-refractivity contribution in [3.05, 3.63) is 58.6 Å². The van der Waals surface area contributed by atoms with Crippen LogP contribution < -0.4 is 9.64 Å². The van der Waals surface area contributed by atoms with Gasteiger partial charge in [-0.2, -0.15) is 0 Å². The van der Waals surface area contributed by atoms with Crippen LogP contribution in [0.3, 0.4) is 0 Å². The molecule has 4 nitrogen and oxygen atoms in total. The number of nitrogens with zero attached hydrogens (tertiary/aromatic N) is 2. The minimum atomic E-state index is -0.489. The van der Waals surface area contributed by atoms with E-state index in [-0.39, 0.29) is 5.91 Å². The summed E-state index contributed by atoms with van der Waals surface area (Å²) in [4.78, 5) is 16.9. The second-order valence-corrected chi connectivity index (χ2v) is 7.25. The van der Waals surface area contributed by atoms with E-state index in [0.717, 1.165) is 29.5 Å². The number of hydrogen-bond donors (Lipinski definition) is 0. The molecule has 1 fully saturated rings. The summed E-state index contributed by atoms with van der Waals surface area (Å²) in [5, 5.41) is 0.740. The zero-order chi connectivity index (χ0) is 18.7. The number of rotatable bonds is 4. The first-order valence-corrected chi connectivity index (χ1v) is 9.35. The summed E-state index contributed by atoms with van der Waals surface area (Å²) in [6, 6.07) is 13.7. The van der Waals surface area contributed by atoms with Crippen molar-refractivity contribution >= 4 is 23.2 Å². The van der Waals surface area contributed by atoms with Crippen molar-refractivity contribution in [2.24, 2.45) is 0 Å². The van der Waals surface area contributed by atoms with Crippen LogP contribution in [0.1, 0.15) is 18.1 Å². The maximum atomic E-state index is 12.7. The molecule has 0 radical (unpaired) electrons. The molecular formula is C21H25ClN2O2. The van der Waals surface area contributed by atoms with Crippen molar-refractivity contribution < 1.29 is 9.53 Å². The molecule has 1 aliphatic rings. The molecule has 138 valence electrons. The molecule has 26 heavy (non-hydrogen) atoms. The summed E-state index contributed by atoms with van der Waals surface area (Å²) in [6.45, 7) is 8.89. The molecule has 0 bridgehead atoms. The summed E-state index contributed by atoms with van der Waals surface area (Å²) < 4.78 is 5.81. The van der Waals surface area contributed by atoms with Gasteiger partial charge in [0.05, 0.1) is 0 Å². The molecule has 1 atom stereocenters. The third kappa shape index (κ3) is 4.31. The van der Waals surface area contributed by atoms with Crippen molar-refractivity contribution in [1.82, 2.24) is 4.90 Å². The zero-order valence-corrected chi connectivity index (χ0v) is 16.3. The standard InChI is InChI=1S/C21H25ClN2O2/c1-15-4-8-19(9-5-15)26-17(3)21(25)24-12-10-23(11-13-24)20-14-18(22)7-6-16(20)2/h4-9,14,17H,10-13H2,1-3H3/t17-/m0/s1. The first-order chi connectivity index (χ1) is 12.4. The van der Waals surface area contributed by atoms with E-state index in [0.29, 0.717) is 13.1 Å². The Morgan fingerprint density at radius 1 is 1.04 bits per heavy atom. The van der Waals surface area contributed by atoms with Crippen LogP contribution in [-0.4, -0.2) is 43.1 Å². The first kappa shape index (κ1) is 18.6. The SMILES string of the molecule is Cc1ccc(O[C@@H](C)C(=O)N2CCN(c3cc(Cl)ccc3C)CC2)cc1. The normalized spacial score (nSPS) is 15.7. The largest absolute Gasteiger partial charge is 0.481 e. The van der Waals surface area contributed by atoms with E-state index < -0.39 is 6.10 Å². The Labute approximate surface area is 160 Å². The van der Waals surface area contributed by atoms with E-state index in [4.69, 9.17) is 16.3 Å². The lowest BCUT2D eigenvalue weighted by Gasteiger charge is -2.37. The van der Waals surface area contributed by atoms with Crippen LogP contribution in [0.25, 0.3) is 0 Å². The quantitative estimate of drug-likeness (QED) is 0.810. The van der Waals surface area contributed by atoms with E-state index in [9.17, 15) is 4.79 Å². The molecule has 0 N–H and O–H groups in total. The van der Waals surface area contributed by atoms with Gasteiger partial charge in [-0.25, -0.2) is 0 Å². The number of anilines is 1. The number of benzene rings is 2. The summed E-state index contributed by atoms with van der Waals surface area (Å²) in [6.07, 6.45) is -0.489. The predicted molar refractivity (Wildman–Crippen MR) is 106 cm³/mol. The Bertz CT molecular complexity index is 768. The highest BCUT2D eigenvalue weighted by Gasteiger charge is 2.26. The van der Waals surface area contributed by atoms with Gasteiger partial charge in [0.2, 0.25) is 0 Å². The lowest BCUT2D eigenvalue weighted by Crippen LogP contribution is -2.52. The fourth-order valence-electron chi connectivity index (χ4n) is 3.22. The van der Waals surface area contributed by atoms with Crippen LogP contribution in [0.5, 0.6) is 5.75 Å². The molecule has 1 heterocycles. The van der Waals surface area contributed by atoms with Crippen LogP contribution in [0, 0.1) is 13.8 Å². The lowest BCUT2D eigenvalue weighted by atomic mass is 10.1. The van der Waals surface area contributed by atoms with Gasteiger partial charge in [0.25, 0.3) is 5.91 Å². The minimum Gasteiger partial charge on any atom is -0.481 e. The van der Waals surface area contributed by atoms with Crippen LogP contribution in [0.2, 0.25) is 5.02 Å². The van der Waals surface area contributed by atoms with Gasteiger partial charge in [-0.05, 0) is 50.6 Å². The van der Waals surface area contributed by atoms with Crippen LogP contribution >= 0.6 is 11.6 Å². The first-order valence-electron chi connectivity index (χ1n) is 8.97. The molecular weight excluding hydrogens is 348 g/mol. The number of aryl methyl sites for hydroxylation is 2. The van der Waals surface area contributed by atoms with Crippen molar-refractivity contribution in [2.45, 2.75) is 26.9 Å². The Morgan fingerprint density at radius 2 is 1.69 bits per heavy atom. The van der Waals surface area contributed by atoms with Gasteiger partial charge in [0.15, 0.2) is 6.10 Å². The number of carbonyl (C=O) groups excluding carboxylic acids is 1. The minimum absolute atomic E-state index is 0.0352. The predicted octanol–water partition coefficient (Wildman–Crippen LogP) is 4.07. The molecule has 2 aromatic carbocycles. The van der Waals surface area contributed by atoms with Gasteiger partial charge in [0, 0.05) is 36.9 Å². The second-order valence-electron chi connectivity index (χ2n) is 6.82. The van der Waals surface area contributed by atoms with Crippen molar-refractivity contribution in [3.8, 4) is 5.75 Å². The monoisotopic (exact) mass is 372 g/mol. The number of carbonyl (C=O) groups is 1. The average molecular weight is 373 g/mol. The maximum Gasteiger partial charge on any atom is 0.263 e. The Morgan fingerprint density at radius 3 is 2.35 bits per heavy atom. The number of ether oxygens (including phenoxy) is 1. The summed E-state index contributed by atoms with van der Waals surface area (Å²) in [7, 11) is 0. The molecule has 1 saturated heterocycles. The highest BCUT2D eigenvalue weighted by molar-refractivity contribution is 6.30. The Kier molecular flexibility index (Phi) is 5.72. The summed E-state index contributed by atoms with van der Waals surface area (Å²) in [5.74, 6) is 0.762. The van der Waals surface area contributed by atoms with Crippen LogP contribution in [-0.2, 0) is 4.79 Å². The van der Waals surface area contributed by atoms with E-state index in [1.165, 1.54) is 11.1 Å². The molecule has 2 aromatic rings. The highest BCUT2D eigenvalue weighted by Crippen LogP contribution is 2.25. The van der Waals surface area contributed by atoms with E-state index in [2.05, 4.69) is 11.8 Å². The smallest absolute Gasteiger partial charge is 0.263 e. The topological polar surface area (TPSA) is 32.8 Å². The number of amides is 1. The lowest BCUT2D eigenvalue weighted by molar-refractivity contribution is -0.138. The number of hydrogen-bond acceptors (Lipinski definition) is 3. The maximum absolute atomic E-state index is 12.7. The van der Waals surface area contributed by atoms with E-state index in [1.54, 1.807) is 0 Å². The van der Waals surface area contributed by atoms with E-state index in [1.807, 2.05) is 61.2 Å². The molecule has 0 spiro atoms. The van der Waals surface area contributed by atoms with Crippen LogP contribution in [0.15, 0.2) is 42.5 Å². The summed E-state index contributed by atoms with van der Waals surface area (Å²) >= 11 is 6.14. The molecule has 3 rings (SSSR count). The van der Waals surface area contributed by atoms with Crippen molar-refractivity contribution in [2.75, 3.05) is 31.1 Å². The molecule has 1 aliphatic heterocycles. The average Bonchev–Trinajstić information content (AvgIpc) is 2.65. The highest BCUT2D eigenvalue weighted by atomic mass is 35.5.